The molecule has 108 valence electrons. The predicted molar refractivity (Wildman–Crippen MR) is 85.7 cm³/mol. The van der Waals surface area contributed by atoms with Crippen LogP contribution in [0.25, 0.3) is 21.6 Å². The maximum absolute atomic E-state index is 6.37. The minimum Gasteiger partial charge on any atom is -0.495 e. The van der Waals surface area contributed by atoms with E-state index in [0.29, 0.717) is 22.2 Å². The molecule has 0 atom stereocenters. The molecular formula is C15H13ClN2O2S. The van der Waals surface area contributed by atoms with Crippen molar-refractivity contribution in [2.45, 2.75) is 6.92 Å². The molecule has 0 radical (unpaired) electrons. The lowest BCUT2D eigenvalue weighted by Gasteiger charge is -2.10. The summed E-state index contributed by atoms with van der Waals surface area (Å²) in [4.78, 5) is 9.90. The first kappa shape index (κ1) is 14.1. The van der Waals surface area contributed by atoms with Crippen molar-refractivity contribution >= 4 is 33.8 Å². The number of halogens is 1. The topological polar surface area (TPSA) is 44.2 Å². The molecule has 2 heterocycles. The highest BCUT2D eigenvalue weighted by atomic mass is 35.5. The molecule has 0 amide bonds. The van der Waals surface area contributed by atoms with Crippen molar-refractivity contribution in [1.29, 1.82) is 0 Å². The van der Waals surface area contributed by atoms with Gasteiger partial charge >= 0.3 is 0 Å². The van der Waals surface area contributed by atoms with Crippen LogP contribution in [-0.4, -0.2) is 24.2 Å². The normalized spacial score (nSPS) is 10.9. The lowest BCUT2D eigenvalue weighted by Crippen LogP contribution is -1.96. The molecule has 0 bridgehead atoms. The van der Waals surface area contributed by atoms with Gasteiger partial charge in [-0.2, -0.15) is 0 Å². The van der Waals surface area contributed by atoms with E-state index in [1.807, 2.05) is 30.5 Å². The molecule has 0 fully saturated rings. The number of nitrogens with zero attached hydrogens (tertiary/aromatic N) is 2. The fourth-order valence-electron chi connectivity index (χ4n) is 2.21. The van der Waals surface area contributed by atoms with Gasteiger partial charge < -0.3 is 9.47 Å². The largest absolute Gasteiger partial charge is 0.495 e. The first-order chi connectivity index (χ1) is 10.2. The number of hydrogen-bond acceptors (Lipinski definition) is 5. The van der Waals surface area contributed by atoms with Crippen molar-refractivity contribution < 1.29 is 9.47 Å². The molecule has 0 aliphatic carbocycles. The highest BCUT2D eigenvalue weighted by Crippen LogP contribution is 2.37. The van der Waals surface area contributed by atoms with E-state index in [1.54, 1.807) is 14.2 Å². The molecule has 1 aromatic carbocycles. The maximum atomic E-state index is 6.37. The van der Waals surface area contributed by atoms with Gasteiger partial charge in [0.25, 0.3) is 0 Å². The Labute approximate surface area is 131 Å². The van der Waals surface area contributed by atoms with E-state index in [1.165, 1.54) is 11.3 Å². The first-order valence-electron chi connectivity index (χ1n) is 6.28. The number of fused-ring (bicyclic) bond motifs is 1. The molecule has 0 spiro atoms. The molecule has 2 aromatic heterocycles. The summed E-state index contributed by atoms with van der Waals surface area (Å²) in [6.07, 6.45) is 0. The second-order valence-electron chi connectivity index (χ2n) is 4.46. The van der Waals surface area contributed by atoms with E-state index in [4.69, 9.17) is 21.1 Å². The van der Waals surface area contributed by atoms with Gasteiger partial charge in [0, 0.05) is 5.39 Å². The summed E-state index contributed by atoms with van der Waals surface area (Å²) in [5.74, 6) is 1.96. The number of methoxy groups -OCH3 is 2. The van der Waals surface area contributed by atoms with E-state index < -0.39 is 0 Å². The number of ether oxygens (including phenoxy) is 2. The van der Waals surface area contributed by atoms with Crippen LogP contribution < -0.4 is 9.47 Å². The van der Waals surface area contributed by atoms with Crippen molar-refractivity contribution in [3.63, 3.8) is 0 Å². The summed E-state index contributed by atoms with van der Waals surface area (Å²) in [6, 6.07) is 5.72. The Morgan fingerprint density at radius 3 is 2.52 bits per heavy atom. The fourth-order valence-corrected chi connectivity index (χ4v) is 3.32. The average Bonchev–Trinajstić information content (AvgIpc) is 2.95. The lowest BCUT2D eigenvalue weighted by atomic mass is 10.1. The molecule has 0 N–H and O–H groups in total. The van der Waals surface area contributed by atoms with Gasteiger partial charge in [-0.3, -0.25) is 0 Å². The zero-order valence-corrected chi connectivity index (χ0v) is 13.4. The van der Waals surface area contributed by atoms with Crippen LogP contribution in [0.5, 0.6) is 11.5 Å². The van der Waals surface area contributed by atoms with Crippen molar-refractivity contribution in [3.05, 3.63) is 34.3 Å². The highest BCUT2D eigenvalue weighted by Gasteiger charge is 2.17. The SMILES string of the molecule is COc1ccsc1-c1nc(Cl)c2c(C)ccc(OC)c2n1. The minimum atomic E-state index is 0.418. The van der Waals surface area contributed by atoms with Gasteiger partial charge in [0.15, 0.2) is 5.82 Å². The van der Waals surface area contributed by atoms with Crippen LogP contribution in [0.2, 0.25) is 5.15 Å². The van der Waals surface area contributed by atoms with Crippen molar-refractivity contribution in [2.24, 2.45) is 0 Å². The van der Waals surface area contributed by atoms with Crippen molar-refractivity contribution in [2.75, 3.05) is 14.2 Å². The second-order valence-corrected chi connectivity index (χ2v) is 5.74. The van der Waals surface area contributed by atoms with Gasteiger partial charge in [-0.25, -0.2) is 9.97 Å². The lowest BCUT2D eigenvalue weighted by molar-refractivity contribution is 0.417. The van der Waals surface area contributed by atoms with E-state index in [-0.39, 0.29) is 0 Å². The highest BCUT2D eigenvalue weighted by molar-refractivity contribution is 7.13. The quantitative estimate of drug-likeness (QED) is 0.673. The van der Waals surface area contributed by atoms with Gasteiger partial charge in [-0.1, -0.05) is 17.7 Å². The zero-order valence-electron chi connectivity index (χ0n) is 11.8. The Hall–Kier alpha value is -1.85. The van der Waals surface area contributed by atoms with E-state index in [2.05, 4.69) is 9.97 Å². The molecule has 0 aliphatic heterocycles. The van der Waals surface area contributed by atoms with Gasteiger partial charge in [0.2, 0.25) is 0 Å². The minimum absolute atomic E-state index is 0.418. The fraction of sp³-hybridized carbons (Fsp3) is 0.200. The third-order valence-corrected chi connectivity index (χ3v) is 4.41. The predicted octanol–water partition coefficient (Wildman–Crippen LogP) is 4.34. The van der Waals surface area contributed by atoms with Crippen LogP contribution in [0.1, 0.15) is 5.56 Å². The third kappa shape index (κ3) is 2.32. The molecular weight excluding hydrogens is 308 g/mol. The van der Waals surface area contributed by atoms with Crippen LogP contribution in [0.4, 0.5) is 0 Å². The Kier molecular flexibility index (Phi) is 3.69. The molecule has 3 aromatic rings. The number of hydrogen-bond donors (Lipinski definition) is 0. The van der Waals surface area contributed by atoms with Gasteiger partial charge in [-0.15, -0.1) is 11.3 Å². The van der Waals surface area contributed by atoms with Crippen molar-refractivity contribution in [3.8, 4) is 22.2 Å². The van der Waals surface area contributed by atoms with E-state index in [9.17, 15) is 0 Å². The van der Waals surface area contributed by atoms with E-state index >= 15 is 0 Å². The zero-order chi connectivity index (χ0) is 15.0. The standard InChI is InChI=1S/C15H13ClN2O2S/c1-8-4-5-9(19-2)12-11(8)14(16)18-15(17-12)13-10(20-3)6-7-21-13/h4-7H,1-3H3. The van der Waals surface area contributed by atoms with Gasteiger partial charge in [-0.05, 0) is 30.0 Å². The number of rotatable bonds is 3. The van der Waals surface area contributed by atoms with Crippen LogP contribution in [0, 0.1) is 6.92 Å². The molecule has 0 unspecified atom stereocenters. The van der Waals surface area contributed by atoms with Crippen LogP contribution >= 0.6 is 22.9 Å². The number of benzene rings is 1. The summed E-state index contributed by atoms with van der Waals surface area (Å²) in [5.41, 5.74) is 1.73. The molecule has 0 saturated carbocycles. The molecule has 0 aliphatic rings. The maximum Gasteiger partial charge on any atom is 0.175 e. The third-order valence-electron chi connectivity index (χ3n) is 3.25. The number of aryl methyl sites for hydroxylation is 1. The van der Waals surface area contributed by atoms with Crippen LogP contribution in [0.15, 0.2) is 23.6 Å². The number of thiophene rings is 1. The summed E-state index contributed by atoms with van der Waals surface area (Å²) in [7, 11) is 3.24. The summed E-state index contributed by atoms with van der Waals surface area (Å²) >= 11 is 7.88. The Bertz CT molecular complexity index is 817. The van der Waals surface area contributed by atoms with Crippen LogP contribution in [-0.2, 0) is 0 Å². The monoisotopic (exact) mass is 320 g/mol. The first-order valence-corrected chi connectivity index (χ1v) is 7.54. The number of aromatic nitrogens is 2. The van der Waals surface area contributed by atoms with Gasteiger partial charge in [0.05, 0.1) is 14.2 Å². The molecule has 3 rings (SSSR count). The molecule has 0 saturated heterocycles. The molecule has 6 heteroatoms. The average molecular weight is 321 g/mol. The summed E-state index contributed by atoms with van der Waals surface area (Å²) in [5, 5.41) is 3.17. The second kappa shape index (κ2) is 5.50. The summed E-state index contributed by atoms with van der Waals surface area (Å²) < 4.78 is 10.7. The molecule has 4 nitrogen and oxygen atoms in total. The Morgan fingerprint density at radius 1 is 1.05 bits per heavy atom. The van der Waals surface area contributed by atoms with Crippen LogP contribution in [0.3, 0.4) is 0 Å². The van der Waals surface area contributed by atoms with Crippen molar-refractivity contribution in [1.82, 2.24) is 9.97 Å². The Morgan fingerprint density at radius 2 is 1.81 bits per heavy atom. The molecule has 21 heavy (non-hydrogen) atoms. The summed E-state index contributed by atoms with van der Waals surface area (Å²) in [6.45, 7) is 1.97. The van der Waals surface area contributed by atoms with E-state index in [0.717, 1.165) is 21.6 Å². The smallest absolute Gasteiger partial charge is 0.175 e. The van der Waals surface area contributed by atoms with Gasteiger partial charge in [0.1, 0.15) is 27.0 Å². The Balaban J connectivity index is 2.32.